The van der Waals surface area contributed by atoms with Crippen LogP contribution in [0, 0.1) is 10.1 Å². The topological polar surface area (TPSA) is 60.2 Å². The molecule has 0 aliphatic rings. The van der Waals surface area contributed by atoms with E-state index in [0.29, 0.717) is 10.6 Å². The van der Waals surface area contributed by atoms with Gasteiger partial charge in [-0.3, -0.25) is 14.9 Å². The summed E-state index contributed by atoms with van der Waals surface area (Å²) in [4.78, 5) is 22.4. The van der Waals surface area contributed by atoms with Crippen LogP contribution < -0.4 is 0 Å². The van der Waals surface area contributed by atoms with Crippen LogP contribution in [0.5, 0.6) is 0 Å². The Balaban J connectivity index is 2.17. The molecule has 0 amide bonds. The quantitative estimate of drug-likeness (QED) is 0.326. The molecule has 0 bridgehead atoms. The predicted molar refractivity (Wildman–Crippen MR) is 87.1 cm³/mol. The molecule has 114 valence electrons. The Morgan fingerprint density at radius 2 is 1.55 bits per heavy atom. The first-order chi connectivity index (χ1) is 10.4. The van der Waals surface area contributed by atoms with Gasteiger partial charge in [-0.15, -0.1) is 23.2 Å². The second kappa shape index (κ2) is 7.09. The number of benzene rings is 2. The van der Waals surface area contributed by atoms with Crippen molar-refractivity contribution in [3.63, 3.8) is 0 Å². The monoisotopic (exact) mass is 357 g/mol. The van der Waals surface area contributed by atoms with Crippen molar-refractivity contribution in [3.05, 3.63) is 74.8 Å². The third-order valence-electron chi connectivity index (χ3n) is 3.06. The van der Waals surface area contributed by atoms with E-state index in [4.69, 9.17) is 34.8 Å². The van der Waals surface area contributed by atoms with Crippen molar-refractivity contribution >= 4 is 46.3 Å². The molecule has 0 saturated carbocycles. The average Bonchev–Trinajstić information content (AvgIpc) is 2.53. The highest BCUT2D eigenvalue weighted by molar-refractivity contribution is 6.39. The van der Waals surface area contributed by atoms with Gasteiger partial charge in [-0.05, 0) is 29.8 Å². The largest absolute Gasteiger partial charge is 0.292 e. The molecule has 0 unspecified atom stereocenters. The van der Waals surface area contributed by atoms with Gasteiger partial charge < -0.3 is 0 Å². The molecule has 0 N–H and O–H groups in total. The van der Waals surface area contributed by atoms with E-state index in [2.05, 4.69) is 0 Å². The summed E-state index contributed by atoms with van der Waals surface area (Å²) in [6.45, 7) is 0. The van der Waals surface area contributed by atoms with Crippen molar-refractivity contribution in [3.8, 4) is 0 Å². The number of alkyl halides is 2. The van der Waals surface area contributed by atoms with Gasteiger partial charge in [0.05, 0.1) is 10.3 Å². The molecule has 0 radical (unpaired) electrons. The van der Waals surface area contributed by atoms with E-state index >= 15 is 0 Å². The van der Waals surface area contributed by atoms with Gasteiger partial charge >= 0.3 is 0 Å². The lowest BCUT2D eigenvalue weighted by atomic mass is 10.0. The van der Waals surface area contributed by atoms with Crippen molar-refractivity contribution < 1.29 is 9.72 Å². The number of Topliss-reactive ketones (excluding diaryl/α,β-unsaturated/α-hetero) is 1. The van der Waals surface area contributed by atoms with E-state index in [-0.39, 0.29) is 11.3 Å². The van der Waals surface area contributed by atoms with Gasteiger partial charge in [0.1, 0.15) is 5.38 Å². The van der Waals surface area contributed by atoms with Gasteiger partial charge in [0.2, 0.25) is 0 Å². The Morgan fingerprint density at radius 3 is 2.05 bits per heavy atom. The van der Waals surface area contributed by atoms with Crippen LogP contribution in [0.15, 0.2) is 48.5 Å². The predicted octanol–water partition coefficient (Wildman–Crippen LogP) is 5.02. The number of halogens is 3. The van der Waals surface area contributed by atoms with Gasteiger partial charge in [0.25, 0.3) is 5.69 Å². The molecule has 7 heteroatoms. The second-order valence-electron chi connectivity index (χ2n) is 4.52. The van der Waals surface area contributed by atoms with Crippen LogP contribution in [0.2, 0.25) is 5.02 Å². The molecule has 0 aliphatic heterocycles. The van der Waals surface area contributed by atoms with E-state index in [1.165, 1.54) is 24.3 Å². The Morgan fingerprint density at radius 1 is 1.00 bits per heavy atom. The molecule has 2 atom stereocenters. The number of nitro benzene ring substituents is 1. The fourth-order valence-electron chi connectivity index (χ4n) is 1.86. The van der Waals surface area contributed by atoms with E-state index < -0.39 is 21.5 Å². The zero-order valence-corrected chi connectivity index (χ0v) is 13.3. The summed E-state index contributed by atoms with van der Waals surface area (Å²) >= 11 is 18.2. The summed E-state index contributed by atoms with van der Waals surface area (Å²) in [5.41, 5.74) is 0.842. The van der Waals surface area contributed by atoms with E-state index in [1.807, 2.05) is 0 Å². The fourth-order valence-corrected chi connectivity index (χ4v) is 2.51. The lowest BCUT2D eigenvalue weighted by Gasteiger charge is -2.15. The maximum absolute atomic E-state index is 12.3. The number of non-ortho nitro benzene ring substituents is 1. The molecule has 2 aromatic carbocycles. The lowest BCUT2D eigenvalue weighted by molar-refractivity contribution is -0.384. The molecule has 22 heavy (non-hydrogen) atoms. The first-order valence-corrected chi connectivity index (χ1v) is 7.47. The minimum atomic E-state index is -0.996. The van der Waals surface area contributed by atoms with Gasteiger partial charge in [-0.1, -0.05) is 23.7 Å². The molecule has 0 heterocycles. The standard InChI is InChI=1S/C15H10Cl3NO3/c16-11-5-1-9(2-6-11)13(17)14(18)15(20)10-3-7-12(8-4-10)19(21)22/h1-8,13-14H/t13-,14-/m1/s1. The van der Waals surface area contributed by atoms with Crippen LogP contribution in [0.1, 0.15) is 21.3 Å². The summed E-state index contributed by atoms with van der Waals surface area (Å²) < 4.78 is 0. The number of carbonyl (C=O) groups is 1. The zero-order valence-electron chi connectivity index (χ0n) is 11.1. The van der Waals surface area contributed by atoms with Crippen LogP contribution in [-0.2, 0) is 0 Å². The number of ketones is 1. The van der Waals surface area contributed by atoms with Crippen molar-refractivity contribution in [1.82, 2.24) is 0 Å². The molecular formula is C15H10Cl3NO3. The van der Waals surface area contributed by atoms with Crippen molar-refractivity contribution in [2.24, 2.45) is 0 Å². The summed E-state index contributed by atoms with van der Waals surface area (Å²) in [6.07, 6.45) is 0. The molecule has 0 spiro atoms. The maximum Gasteiger partial charge on any atom is 0.269 e. The Kier molecular flexibility index (Phi) is 5.40. The molecule has 2 rings (SSSR count). The highest BCUT2D eigenvalue weighted by atomic mass is 35.5. The normalized spacial score (nSPS) is 13.4. The van der Waals surface area contributed by atoms with Crippen LogP contribution in [0.25, 0.3) is 0 Å². The highest BCUT2D eigenvalue weighted by Gasteiger charge is 2.27. The Hall–Kier alpha value is -1.62. The summed E-state index contributed by atoms with van der Waals surface area (Å²) in [6, 6.07) is 11.9. The molecule has 0 saturated heterocycles. The second-order valence-corrected chi connectivity index (χ2v) is 5.90. The fraction of sp³-hybridized carbons (Fsp3) is 0.133. The molecule has 0 aromatic heterocycles. The SMILES string of the molecule is O=C(c1ccc([N+](=O)[O-])cc1)[C@H](Cl)[C@H](Cl)c1ccc(Cl)cc1. The van der Waals surface area contributed by atoms with Crippen molar-refractivity contribution in [2.75, 3.05) is 0 Å². The Bertz CT molecular complexity index is 686. The van der Waals surface area contributed by atoms with Crippen molar-refractivity contribution in [2.45, 2.75) is 10.8 Å². The number of carbonyl (C=O) groups excluding carboxylic acids is 1. The highest BCUT2D eigenvalue weighted by Crippen LogP contribution is 2.31. The summed E-state index contributed by atoms with van der Waals surface area (Å²) in [5.74, 6) is -0.397. The van der Waals surface area contributed by atoms with E-state index in [9.17, 15) is 14.9 Å². The van der Waals surface area contributed by atoms with Gasteiger partial charge in [0.15, 0.2) is 5.78 Å². The summed E-state index contributed by atoms with van der Waals surface area (Å²) in [5, 5.41) is 9.42. The maximum atomic E-state index is 12.3. The molecule has 2 aromatic rings. The number of rotatable bonds is 5. The first kappa shape index (κ1) is 16.7. The van der Waals surface area contributed by atoms with Gasteiger partial charge in [-0.2, -0.15) is 0 Å². The summed E-state index contributed by atoms with van der Waals surface area (Å²) in [7, 11) is 0. The molecule has 0 aliphatic carbocycles. The van der Waals surface area contributed by atoms with Crippen LogP contribution in [-0.4, -0.2) is 16.1 Å². The van der Waals surface area contributed by atoms with Gasteiger partial charge in [0, 0.05) is 22.7 Å². The average molecular weight is 359 g/mol. The number of nitrogens with zero attached hydrogens (tertiary/aromatic N) is 1. The third kappa shape index (κ3) is 3.77. The molecular weight excluding hydrogens is 349 g/mol. The molecule has 4 nitrogen and oxygen atoms in total. The van der Waals surface area contributed by atoms with Crippen LogP contribution >= 0.6 is 34.8 Å². The smallest absolute Gasteiger partial charge is 0.269 e. The van der Waals surface area contributed by atoms with Crippen molar-refractivity contribution in [1.29, 1.82) is 0 Å². The minimum absolute atomic E-state index is 0.0946. The lowest BCUT2D eigenvalue weighted by Crippen LogP contribution is -2.20. The third-order valence-corrected chi connectivity index (χ3v) is 4.39. The van der Waals surface area contributed by atoms with E-state index in [0.717, 1.165) is 0 Å². The number of nitro groups is 1. The minimum Gasteiger partial charge on any atom is -0.292 e. The van der Waals surface area contributed by atoms with Crippen LogP contribution in [0.3, 0.4) is 0 Å². The Labute approximate surface area is 141 Å². The van der Waals surface area contributed by atoms with Crippen LogP contribution in [0.4, 0.5) is 5.69 Å². The molecule has 0 fully saturated rings. The number of hydrogen-bond donors (Lipinski definition) is 0. The first-order valence-electron chi connectivity index (χ1n) is 6.22. The van der Waals surface area contributed by atoms with Gasteiger partial charge in [-0.25, -0.2) is 0 Å². The number of hydrogen-bond acceptors (Lipinski definition) is 3. The van der Waals surface area contributed by atoms with E-state index in [1.54, 1.807) is 24.3 Å². The zero-order chi connectivity index (χ0) is 16.3.